The summed E-state index contributed by atoms with van der Waals surface area (Å²) in [5.74, 6) is 1.02. The van der Waals surface area contributed by atoms with Crippen molar-refractivity contribution < 1.29 is 4.74 Å². The van der Waals surface area contributed by atoms with Gasteiger partial charge in [0.2, 0.25) is 0 Å². The zero-order valence-corrected chi connectivity index (χ0v) is 17.6. The Bertz CT molecular complexity index is 540. The zero-order chi connectivity index (χ0) is 16.8. The van der Waals surface area contributed by atoms with Crippen LogP contribution in [0.25, 0.3) is 0 Å². The number of halogens is 1. The summed E-state index contributed by atoms with van der Waals surface area (Å²) in [6.45, 7) is 3.70. The summed E-state index contributed by atoms with van der Waals surface area (Å²) in [6.07, 6.45) is 8.80. The topological polar surface area (TPSA) is 59.6 Å². The van der Waals surface area contributed by atoms with Crippen LogP contribution in [0.4, 0.5) is 0 Å². The first-order chi connectivity index (χ1) is 11.7. The van der Waals surface area contributed by atoms with Crippen LogP contribution in [-0.2, 0) is 4.74 Å². The molecule has 1 aromatic rings. The summed E-state index contributed by atoms with van der Waals surface area (Å²) >= 11 is 0. The first-order valence-corrected chi connectivity index (χ1v) is 9.47. The number of guanidine groups is 1. The Morgan fingerprint density at radius 2 is 1.84 bits per heavy atom. The van der Waals surface area contributed by atoms with Gasteiger partial charge in [-0.3, -0.25) is 4.99 Å². The van der Waals surface area contributed by atoms with Gasteiger partial charge in [0.05, 0.1) is 6.10 Å². The van der Waals surface area contributed by atoms with Gasteiger partial charge >= 0.3 is 0 Å². The number of ether oxygens (including phenoxy) is 1. The van der Waals surface area contributed by atoms with Crippen LogP contribution >= 0.6 is 24.0 Å². The highest BCUT2D eigenvalue weighted by Gasteiger charge is 2.27. The first-order valence-electron chi connectivity index (χ1n) is 9.47. The number of rotatable bonds is 4. The fraction of sp³-hybridized carbons (Fsp3) is 0.650. The Hall–Kier alpha value is -0.820. The Labute approximate surface area is 169 Å². The van der Waals surface area contributed by atoms with Crippen molar-refractivity contribution in [1.82, 2.24) is 5.32 Å². The molecular weight excluding hydrogens is 425 g/mol. The normalized spacial score (nSPS) is 25.2. The van der Waals surface area contributed by atoms with Crippen LogP contribution in [0.15, 0.2) is 29.3 Å². The van der Waals surface area contributed by atoms with E-state index in [2.05, 4.69) is 41.5 Å². The minimum Gasteiger partial charge on any atom is -0.373 e. The highest BCUT2D eigenvalue weighted by molar-refractivity contribution is 14.0. The standard InChI is InChI=1S/C20H31N3O.HI/c1-15-9-11-16(12-10-15)19-17(6-5-13-24-19)14-22-20(21)23-18-7-3-2-4-8-18;/h9-12,17-19H,2-8,13-14H2,1H3,(H3,21,22,23);1H. The van der Waals surface area contributed by atoms with Gasteiger partial charge < -0.3 is 15.8 Å². The number of aliphatic imine (C=N–C) groups is 1. The van der Waals surface area contributed by atoms with Crippen LogP contribution in [-0.4, -0.2) is 25.2 Å². The van der Waals surface area contributed by atoms with Gasteiger partial charge in [0.1, 0.15) is 0 Å². The Morgan fingerprint density at radius 3 is 2.56 bits per heavy atom. The summed E-state index contributed by atoms with van der Waals surface area (Å²) < 4.78 is 6.07. The first kappa shape index (κ1) is 20.5. The molecule has 5 heteroatoms. The molecule has 3 rings (SSSR count). The average molecular weight is 457 g/mol. The number of benzene rings is 1. The van der Waals surface area contributed by atoms with Crippen molar-refractivity contribution in [3.63, 3.8) is 0 Å². The van der Waals surface area contributed by atoms with Crippen molar-refractivity contribution in [2.24, 2.45) is 16.6 Å². The quantitative estimate of drug-likeness (QED) is 0.402. The van der Waals surface area contributed by atoms with Gasteiger partial charge in [-0.15, -0.1) is 24.0 Å². The minimum absolute atomic E-state index is 0. The molecule has 2 aliphatic rings. The third-order valence-electron chi connectivity index (χ3n) is 5.30. The maximum atomic E-state index is 6.12. The predicted molar refractivity (Wildman–Crippen MR) is 115 cm³/mol. The molecule has 1 aliphatic carbocycles. The monoisotopic (exact) mass is 457 g/mol. The third-order valence-corrected chi connectivity index (χ3v) is 5.30. The summed E-state index contributed by atoms with van der Waals surface area (Å²) in [5, 5.41) is 3.41. The summed E-state index contributed by atoms with van der Waals surface area (Å²) in [6, 6.07) is 9.20. The molecule has 3 N–H and O–H groups in total. The van der Waals surface area contributed by atoms with Crippen LogP contribution in [0.2, 0.25) is 0 Å². The molecule has 2 atom stereocenters. The second-order valence-electron chi connectivity index (χ2n) is 7.31. The van der Waals surface area contributed by atoms with E-state index >= 15 is 0 Å². The van der Waals surface area contributed by atoms with Crippen molar-refractivity contribution in [3.8, 4) is 0 Å². The van der Waals surface area contributed by atoms with E-state index in [1.165, 1.54) is 43.2 Å². The Balaban J connectivity index is 0.00000225. The van der Waals surface area contributed by atoms with Gasteiger partial charge in [-0.05, 0) is 38.2 Å². The number of nitrogens with zero attached hydrogens (tertiary/aromatic N) is 1. The number of nitrogens with two attached hydrogens (primary N) is 1. The van der Waals surface area contributed by atoms with Gasteiger partial charge in [0.15, 0.2) is 5.96 Å². The maximum Gasteiger partial charge on any atom is 0.188 e. The fourth-order valence-electron chi connectivity index (χ4n) is 3.87. The molecule has 1 saturated heterocycles. The van der Waals surface area contributed by atoms with E-state index in [1.807, 2.05) is 0 Å². The van der Waals surface area contributed by atoms with Gasteiger partial charge in [-0.1, -0.05) is 49.1 Å². The van der Waals surface area contributed by atoms with Crippen LogP contribution < -0.4 is 11.1 Å². The molecule has 0 bridgehead atoms. The number of hydrogen-bond acceptors (Lipinski definition) is 2. The molecule has 1 aliphatic heterocycles. The van der Waals surface area contributed by atoms with E-state index in [-0.39, 0.29) is 30.1 Å². The van der Waals surface area contributed by atoms with Crippen LogP contribution in [0.5, 0.6) is 0 Å². The number of nitrogens with one attached hydrogen (secondary N) is 1. The fourth-order valence-corrected chi connectivity index (χ4v) is 3.87. The Kier molecular flexibility index (Phi) is 8.49. The second-order valence-corrected chi connectivity index (χ2v) is 7.31. The van der Waals surface area contributed by atoms with E-state index in [9.17, 15) is 0 Å². The zero-order valence-electron chi connectivity index (χ0n) is 15.2. The van der Waals surface area contributed by atoms with Crippen molar-refractivity contribution in [1.29, 1.82) is 0 Å². The van der Waals surface area contributed by atoms with Gasteiger partial charge in [0.25, 0.3) is 0 Å². The average Bonchev–Trinajstić information content (AvgIpc) is 2.62. The third kappa shape index (κ3) is 6.13. The molecule has 1 aromatic carbocycles. The highest BCUT2D eigenvalue weighted by Crippen LogP contribution is 2.34. The maximum absolute atomic E-state index is 6.12. The van der Waals surface area contributed by atoms with Crippen molar-refractivity contribution in [2.45, 2.75) is 64.0 Å². The minimum atomic E-state index is 0. The molecule has 2 unspecified atom stereocenters. The molecule has 0 amide bonds. The molecular formula is C20H32IN3O. The summed E-state index contributed by atoms with van der Waals surface area (Å²) in [7, 11) is 0. The lowest BCUT2D eigenvalue weighted by molar-refractivity contribution is -0.0250. The van der Waals surface area contributed by atoms with E-state index in [4.69, 9.17) is 10.5 Å². The largest absolute Gasteiger partial charge is 0.373 e. The highest BCUT2D eigenvalue weighted by atomic mass is 127. The van der Waals surface area contributed by atoms with Crippen LogP contribution in [0, 0.1) is 12.8 Å². The second kappa shape index (κ2) is 10.4. The van der Waals surface area contributed by atoms with Crippen molar-refractivity contribution in [2.75, 3.05) is 13.2 Å². The van der Waals surface area contributed by atoms with Gasteiger partial charge in [-0.25, -0.2) is 0 Å². The van der Waals surface area contributed by atoms with E-state index in [0.29, 0.717) is 17.9 Å². The smallest absolute Gasteiger partial charge is 0.188 e. The van der Waals surface area contributed by atoms with Gasteiger partial charge in [0, 0.05) is 25.1 Å². The molecule has 0 spiro atoms. The number of hydrogen-bond donors (Lipinski definition) is 2. The SMILES string of the molecule is Cc1ccc(C2OCCCC2CN=C(N)NC2CCCCC2)cc1.I. The van der Waals surface area contributed by atoms with Gasteiger partial charge in [-0.2, -0.15) is 0 Å². The van der Waals surface area contributed by atoms with Crippen LogP contribution in [0.1, 0.15) is 62.2 Å². The van der Waals surface area contributed by atoms with E-state index < -0.39 is 0 Å². The lowest BCUT2D eigenvalue weighted by Gasteiger charge is -2.31. The Morgan fingerprint density at radius 1 is 1.12 bits per heavy atom. The molecule has 25 heavy (non-hydrogen) atoms. The predicted octanol–water partition coefficient (Wildman–Crippen LogP) is 4.32. The molecule has 140 valence electrons. The molecule has 4 nitrogen and oxygen atoms in total. The molecule has 0 aromatic heterocycles. The summed E-state index contributed by atoms with van der Waals surface area (Å²) in [5.41, 5.74) is 8.67. The van der Waals surface area contributed by atoms with Crippen LogP contribution in [0.3, 0.4) is 0 Å². The molecule has 1 saturated carbocycles. The van der Waals surface area contributed by atoms with E-state index in [1.54, 1.807) is 0 Å². The van der Waals surface area contributed by atoms with Crippen molar-refractivity contribution in [3.05, 3.63) is 35.4 Å². The lowest BCUT2D eigenvalue weighted by atomic mass is 9.89. The molecule has 1 heterocycles. The summed E-state index contributed by atoms with van der Waals surface area (Å²) in [4.78, 5) is 4.64. The molecule has 0 radical (unpaired) electrons. The van der Waals surface area contributed by atoms with Crippen molar-refractivity contribution >= 4 is 29.9 Å². The lowest BCUT2D eigenvalue weighted by Crippen LogP contribution is -2.41. The molecule has 2 fully saturated rings. The number of aryl methyl sites for hydroxylation is 1. The van der Waals surface area contributed by atoms with E-state index in [0.717, 1.165) is 26.0 Å².